The predicted octanol–water partition coefficient (Wildman–Crippen LogP) is 1.47. The summed E-state index contributed by atoms with van der Waals surface area (Å²) in [6.45, 7) is 1.48. The molecule has 1 aliphatic heterocycles. The maximum Gasteiger partial charge on any atom is 0.225 e. The van der Waals surface area contributed by atoms with Crippen molar-refractivity contribution in [2.75, 3.05) is 13.2 Å². The molecule has 1 N–H and O–H groups in total. The van der Waals surface area contributed by atoms with Gasteiger partial charge < -0.3 is 10.1 Å². The number of rotatable bonds is 3. The van der Waals surface area contributed by atoms with Gasteiger partial charge in [-0.05, 0) is 25.7 Å². The van der Waals surface area contributed by atoms with Gasteiger partial charge in [0.05, 0.1) is 18.6 Å². The average Bonchev–Trinajstić information content (AvgIpc) is 2.69. The van der Waals surface area contributed by atoms with Gasteiger partial charge in [0.2, 0.25) is 5.91 Å². The Morgan fingerprint density at radius 1 is 1.21 bits per heavy atom. The van der Waals surface area contributed by atoms with E-state index in [1.165, 1.54) is 25.7 Å². The smallest absolute Gasteiger partial charge is 0.225 e. The molecule has 80 valence electrons. The van der Waals surface area contributed by atoms with Crippen LogP contribution >= 0.6 is 0 Å². The highest BCUT2D eigenvalue weighted by Gasteiger charge is 2.24. The Morgan fingerprint density at radius 3 is 2.71 bits per heavy atom. The second-order valence-corrected chi connectivity index (χ2v) is 4.37. The molecule has 1 heterocycles. The molecule has 1 atom stereocenters. The van der Waals surface area contributed by atoms with E-state index in [9.17, 15) is 4.79 Å². The van der Waals surface area contributed by atoms with Crippen LogP contribution in [0.2, 0.25) is 0 Å². The van der Waals surface area contributed by atoms with E-state index in [0.717, 1.165) is 19.4 Å². The van der Waals surface area contributed by atoms with E-state index in [0.29, 0.717) is 12.7 Å². The number of hydrogen-bond acceptors (Lipinski definition) is 2. The maximum atomic E-state index is 11.4. The third-order valence-electron chi connectivity index (χ3n) is 3.23. The number of ether oxygens (including phenoxy) is 1. The van der Waals surface area contributed by atoms with Gasteiger partial charge in [-0.3, -0.25) is 4.79 Å². The third kappa shape index (κ3) is 2.47. The molecular weight excluding hydrogens is 178 g/mol. The topological polar surface area (TPSA) is 38.3 Å². The molecule has 2 aliphatic rings. The van der Waals surface area contributed by atoms with Crippen LogP contribution in [0.15, 0.2) is 0 Å². The van der Waals surface area contributed by atoms with E-state index in [4.69, 9.17) is 4.74 Å². The second kappa shape index (κ2) is 4.78. The zero-order valence-electron chi connectivity index (χ0n) is 8.63. The average molecular weight is 197 g/mol. The highest BCUT2D eigenvalue weighted by molar-refractivity contribution is 5.79. The molecule has 0 aromatic rings. The van der Waals surface area contributed by atoms with Crippen LogP contribution in [0, 0.1) is 5.92 Å². The minimum Gasteiger partial charge on any atom is -0.377 e. The van der Waals surface area contributed by atoms with E-state index >= 15 is 0 Å². The van der Waals surface area contributed by atoms with Crippen molar-refractivity contribution in [3.8, 4) is 0 Å². The fourth-order valence-electron chi connectivity index (χ4n) is 2.30. The maximum absolute atomic E-state index is 11.4. The van der Waals surface area contributed by atoms with Crippen LogP contribution < -0.4 is 5.32 Å². The van der Waals surface area contributed by atoms with Crippen molar-refractivity contribution in [2.45, 2.75) is 44.6 Å². The van der Waals surface area contributed by atoms with Crippen molar-refractivity contribution in [1.29, 1.82) is 0 Å². The summed E-state index contributed by atoms with van der Waals surface area (Å²) in [7, 11) is 0. The molecule has 0 bridgehead atoms. The molecular formula is C11H19NO2. The van der Waals surface area contributed by atoms with Crippen LogP contribution in [-0.2, 0) is 9.53 Å². The van der Waals surface area contributed by atoms with E-state index < -0.39 is 0 Å². The molecule has 0 radical (unpaired) electrons. The van der Waals surface area contributed by atoms with Crippen molar-refractivity contribution in [3.63, 3.8) is 0 Å². The standard InChI is InChI=1S/C11H19NO2/c13-11-9(4-3-7-12-11)8-14-10-5-1-2-6-10/h9-10H,1-8H2,(H,12,13). The highest BCUT2D eigenvalue weighted by atomic mass is 16.5. The van der Waals surface area contributed by atoms with E-state index in [1.807, 2.05) is 0 Å². The monoisotopic (exact) mass is 197 g/mol. The van der Waals surface area contributed by atoms with Crippen LogP contribution in [0.25, 0.3) is 0 Å². The number of amides is 1. The molecule has 3 heteroatoms. The van der Waals surface area contributed by atoms with Crippen LogP contribution in [-0.4, -0.2) is 25.2 Å². The summed E-state index contributed by atoms with van der Waals surface area (Å²) < 4.78 is 5.75. The number of carbonyl (C=O) groups excluding carboxylic acids is 1. The van der Waals surface area contributed by atoms with Crippen LogP contribution in [0.4, 0.5) is 0 Å². The molecule has 0 aromatic heterocycles. The Morgan fingerprint density at radius 2 is 2.00 bits per heavy atom. The molecule has 1 amide bonds. The summed E-state index contributed by atoms with van der Waals surface area (Å²) in [6, 6.07) is 0. The molecule has 1 saturated carbocycles. The predicted molar refractivity (Wildman–Crippen MR) is 53.9 cm³/mol. The molecule has 14 heavy (non-hydrogen) atoms. The minimum absolute atomic E-state index is 0.115. The van der Waals surface area contributed by atoms with Gasteiger partial charge in [-0.15, -0.1) is 0 Å². The summed E-state index contributed by atoms with van der Waals surface area (Å²) in [5.41, 5.74) is 0. The summed E-state index contributed by atoms with van der Waals surface area (Å²) in [5, 5.41) is 2.89. The molecule has 2 fully saturated rings. The van der Waals surface area contributed by atoms with Gasteiger partial charge >= 0.3 is 0 Å². The largest absolute Gasteiger partial charge is 0.377 e. The van der Waals surface area contributed by atoms with Gasteiger partial charge in [0.15, 0.2) is 0 Å². The Hall–Kier alpha value is -0.570. The first kappa shape index (κ1) is 9.97. The van der Waals surface area contributed by atoms with Crippen LogP contribution in [0.3, 0.4) is 0 Å². The van der Waals surface area contributed by atoms with E-state index in [1.54, 1.807) is 0 Å². The quantitative estimate of drug-likeness (QED) is 0.744. The molecule has 1 aliphatic carbocycles. The fourth-order valence-corrected chi connectivity index (χ4v) is 2.30. The van der Waals surface area contributed by atoms with Gasteiger partial charge in [-0.2, -0.15) is 0 Å². The Labute approximate surface area is 85.2 Å². The molecule has 3 nitrogen and oxygen atoms in total. The van der Waals surface area contributed by atoms with Crippen molar-refractivity contribution in [3.05, 3.63) is 0 Å². The third-order valence-corrected chi connectivity index (χ3v) is 3.23. The Kier molecular flexibility index (Phi) is 3.40. The van der Waals surface area contributed by atoms with Gasteiger partial charge in [-0.25, -0.2) is 0 Å². The fraction of sp³-hybridized carbons (Fsp3) is 0.909. The summed E-state index contributed by atoms with van der Waals surface area (Å²) >= 11 is 0. The first-order valence-corrected chi connectivity index (χ1v) is 5.75. The van der Waals surface area contributed by atoms with Crippen molar-refractivity contribution < 1.29 is 9.53 Å². The number of hydrogen-bond donors (Lipinski definition) is 1. The summed E-state index contributed by atoms with van der Waals surface area (Å²) in [5.74, 6) is 0.304. The lowest BCUT2D eigenvalue weighted by molar-refractivity contribution is -0.129. The number of carbonyl (C=O) groups is 1. The zero-order chi connectivity index (χ0) is 9.80. The van der Waals surface area contributed by atoms with E-state index in [2.05, 4.69) is 5.32 Å². The lowest BCUT2D eigenvalue weighted by atomic mass is 10.00. The van der Waals surface area contributed by atoms with Gasteiger partial charge in [0.25, 0.3) is 0 Å². The first-order chi connectivity index (χ1) is 6.86. The van der Waals surface area contributed by atoms with Crippen molar-refractivity contribution in [2.24, 2.45) is 5.92 Å². The lowest BCUT2D eigenvalue weighted by Gasteiger charge is -2.23. The van der Waals surface area contributed by atoms with Gasteiger partial charge in [0.1, 0.15) is 0 Å². The van der Waals surface area contributed by atoms with Crippen molar-refractivity contribution >= 4 is 5.91 Å². The number of nitrogens with one attached hydrogen (secondary N) is 1. The molecule has 1 unspecified atom stereocenters. The lowest BCUT2D eigenvalue weighted by Crippen LogP contribution is -2.39. The molecule has 0 spiro atoms. The second-order valence-electron chi connectivity index (χ2n) is 4.37. The summed E-state index contributed by atoms with van der Waals surface area (Å²) in [6.07, 6.45) is 7.50. The Balaban J connectivity index is 1.70. The van der Waals surface area contributed by atoms with Crippen LogP contribution in [0.1, 0.15) is 38.5 Å². The summed E-state index contributed by atoms with van der Waals surface area (Å²) in [4.78, 5) is 11.4. The minimum atomic E-state index is 0.115. The molecule has 1 saturated heterocycles. The molecule has 2 rings (SSSR count). The number of piperidine rings is 1. The highest BCUT2D eigenvalue weighted by Crippen LogP contribution is 2.22. The van der Waals surface area contributed by atoms with Crippen molar-refractivity contribution in [1.82, 2.24) is 5.32 Å². The van der Waals surface area contributed by atoms with Gasteiger partial charge in [-0.1, -0.05) is 12.8 Å². The Bertz CT molecular complexity index is 199. The van der Waals surface area contributed by atoms with Crippen LogP contribution in [0.5, 0.6) is 0 Å². The normalized spacial score (nSPS) is 29.1. The van der Waals surface area contributed by atoms with Gasteiger partial charge in [0, 0.05) is 6.54 Å². The SMILES string of the molecule is O=C1NCCCC1COC1CCCC1. The molecule has 0 aromatic carbocycles. The first-order valence-electron chi connectivity index (χ1n) is 5.75. The van der Waals surface area contributed by atoms with E-state index in [-0.39, 0.29) is 11.8 Å². The zero-order valence-corrected chi connectivity index (χ0v) is 8.63.